The van der Waals surface area contributed by atoms with Crippen molar-refractivity contribution in [3.8, 4) is 0 Å². The molecule has 4 heterocycles. The Morgan fingerprint density at radius 1 is 0.759 bits per heavy atom. The van der Waals surface area contributed by atoms with Crippen LogP contribution in [0.15, 0.2) is 88.9 Å². The second-order valence-corrected chi connectivity index (χ2v) is 20.9. The maximum absolute atomic E-state index is 14.3. The normalized spacial score (nSPS) is 29.8. The summed E-state index contributed by atoms with van der Waals surface area (Å²) in [5.41, 5.74) is 8.32. The number of allylic oxidation sites excluding steroid dienone is 4. The second kappa shape index (κ2) is 14.0. The van der Waals surface area contributed by atoms with Crippen LogP contribution in [0, 0.1) is 10.1 Å². The lowest BCUT2D eigenvalue weighted by molar-refractivity contribution is -0.384. The predicted octanol–water partition coefficient (Wildman–Crippen LogP) is 10.4. The third kappa shape index (κ3) is 6.17. The van der Waals surface area contributed by atoms with E-state index in [0.29, 0.717) is 12.3 Å². The van der Waals surface area contributed by atoms with Crippen molar-refractivity contribution in [1.29, 1.82) is 0 Å². The average Bonchev–Trinajstić information content (AvgIpc) is 3.64. The van der Waals surface area contributed by atoms with Gasteiger partial charge in [0.05, 0.1) is 15.4 Å². The molecular formula is C47H60N4O6S. The number of benzene rings is 3. The molecule has 58 heavy (non-hydrogen) atoms. The first-order valence-electron chi connectivity index (χ1n) is 20.9. The Morgan fingerprint density at radius 3 is 1.86 bits per heavy atom. The Hall–Kier alpha value is -4.03. The molecule has 0 unspecified atom stereocenters. The van der Waals surface area contributed by atoms with Gasteiger partial charge < -0.3 is 19.3 Å². The van der Waals surface area contributed by atoms with E-state index >= 15 is 0 Å². The first-order chi connectivity index (χ1) is 27.2. The number of rotatable bonds is 5. The third-order valence-corrected chi connectivity index (χ3v) is 15.6. The quantitative estimate of drug-likeness (QED) is 0.143. The summed E-state index contributed by atoms with van der Waals surface area (Å²) in [6.45, 7) is 16.7. The van der Waals surface area contributed by atoms with Crippen molar-refractivity contribution in [1.82, 2.24) is 4.31 Å². The average molecular weight is 809 g/mol. The predicted molar refractivity (Wildman–Crippen MR) is 230 cm³/mol. The maximum atomic E-state index is 14.3. The van der Waals surface area contributed by atoms with E-state index in [9.17, 15) is 18.5 Å². The molecule has 4 aliphatic heterocycles. The van der Waals surface area contributed by atoms with Crippen LogP contribution in [0.1, 0.15) is 134 Å². The molecule has 0 N–H and O–H groups in total. The van der Waals surface area contributed by atoms with Crippen molar-refractivity contribution in [2.24, 2.45) is 0 Å². The summed E-state index contributed by atoms with van der Waals surface area (Å²) >= 11 is 0. The van der Waals surface area contributed by atoms with E-state index in [1.807, 2.05) is 19.2 Å². The minimum absolute atomic E-state index is 0.0217. The summed E-state index contributed by atoms with van der Waals surface area (Å²) in [5.74, 6) is 0.749. The molecule has 11 heteroatoms. The Morgan fingerprint density at radius 2 is 1.29 bits per heavy atom. The van der Waals surface area contributed by atoms with E-state index in [1.165, 1.54) is 60.4 Å². The van der Waals surface area contributed by atoms with E-state index in [0.717, 1.165) is 36.1 Å². The van der Waals surface area contributed by atoms with Gasteiger partial charge in [0.25, 0.3) is 5.69 Å². The summed E-state index contributed by atoms with van der Waals surface area (Å²) < 4.78 is 43.3. The highest BCUT2D eigenvalue weighted by Gasteiger charge is 2.69. The number of likely N-dealkylation sites (N-methyl/N-ethyl adjacent to an activating group) is 2. The topological polar surface area (TPSA) is 105 Å². The molecule has 0 radical (unpaired) electrons. The van der Waals surface area contributed by atoms with Crippen LogP contribution in [0.4, 0.5) is 17.1 Å². The van der Waals surface area contributed by atoms with Gasteiger partial charge in [0.2, 0.25) is 10.0 Å². The maximum Gasteiger partial charge on any atom is 0.269 e. The number of nitro groups is 1. The molecule has 2 spiro atoms. The zero-order valence-electron chi connectivity index (χ0n) is 35.8. The van der Waals surface area contributed by atoms with E-state index in [4.69, 9.17) is 9.47 Å². The number of ether oxygens (including phenoxy) is 2. The summed E-state index contributed by atoms with van der Waals surface area (Å²) in [5, 5.41) is 11.1. The summed E-state index contributed by atoms with van der Waals surface area (Å²) in [4.78, 5) is 15.1. The van der Waals surface area contributed by atoms with Crippen molar-refractivity contribution >= 4 is 27.1 Å². The fourth-order valence-corrected chi connectivity index (χ4v) is 13.9. The van der Waals surface area contributed by atoms with Crippen molar-refractivity contribution in [3.63, 3.8) is 0 Å². The Labute approximate surface area is 345 Å². The van der Waals surface area contributed by atoms with Gasteiger partial charge in [0.1, 0.15) is 17.5 Å². The Balaban J connectivity index is 0.000000176. The van der Waals surface area contributed by atoms with Crippen LogP contribution in [0.5, 0.6) is 0 Å². The number of nitro benzene ring substituents is 1. The summed E-state index contributed by atoms with van der Waals surface area (Å²) in [7, 11) is 0.104. The zero-order valence-corrected chi connectivity index (χ0v) is 36.7. The number of hydrogen-bond acceptors (Lipinski definition) is 8. The van der Waals surface area contributed by atoms with Gasteiger partial charge >= 0.3 is 0 Å². The van der Waals surface area contributed by atoms with Crippen LogP contribution < -0.4 is 9.80 Å². The fraction of sp³-hybridized carbons (Fsp3) is 0.532. The van der Waals surface area contributed by atoms with Crippen LogP contribution >= 0.6 is 0 Å². The molecule has 3 aromatic carbocycles. The molecule has 0 aromatic heterocycles. The monoisotopic (exact) mass is 808 g/mol. The lowest BCUT2D eigenvalue weighted by Gasteiger charge is -2.40. The second-order valence-electron chi connectivity index (χ2n) is 19.1. The van der Waals surface area contributed by atoms with Crippen molar-refractivity contribution < 1.29 is 22.8 Å². The molecular weight excluding hydrogens is 749 g/mol. The Kier molecular flexibility index (Phi) is 9.86. The van der Waals surface area contributed by atoms with Crippen LogP contribution in [-0.4, -0.2) is 55.5 Å². The highest BCUT2D eigenvalue weighted by molar-refractivity contribution is 7.89. The summed E-state index contributed by atoms with van der Waals surface area (Å²) in [6.07, 6.45) is 11.8. The van der Waals surface area contributed by atoms with E-state index in [1.54, 1.807) is 29.3 Å². The van der Waals surface area contributed by atoms with Crippen LogP contribution in [0.3, 0.4) is 0 Å². The van der Waals surface area contributed by atoms with Gasteiger partial charge in [-0.15, -0.1) is 0 Å². The molecule has 0 saturated carbocycles. The number of sulfonamides is 1. The third-order valence-electron chi connectivity index (χ3n) is 13.5. The number of hydrogen-bond donors (Lipinski definition) is 0. The van der Waals surface area contributed by atoms with Crippen LogP contribution in [0.2, 0.25) is 0 Å². The number of anilines is 2. The van der Waals surface area contributed by atoms with Crippen molar-refractivity contribution in [2.45, 2.75) is 152 Å². The van der Waals surface area contributed by atoms with E-state index in [2.05, 4.69) is 94.8 Å². The smallest absolute Gasteiger partial charge is 0.269 e. The molecule has 6 atom stereocenters. The molecule has 9 rings (SSSR count). The van der Waals surface area contributed by atoms with Gasteiger partial charge in [-0.25, -0.2) is 8.42 Å². The lowest BCUT2D eigenvalue weighted by Crippen LogP contribution is -2.54. The van der Waals surface area contributed by atoms with Gasteiger partial charge in [-0.3, -0.25) is 10.1 Å². The molecule has 3 aromatic rings. The highest BCUT2D eigenvalue weighted by Crippen LogP contribution is 2.63. The van der Waals surface area contributed by atoms with Gasteiger partial charge in [0.15, 0.2) is 6.23 Å². The van der Waals surface area contributed by atoms with Gasteiger partial charge in [-0.2, -0.15) is 4.31 Å². The van der Waals surface area contributed by atoms with Crippen LogP contribution in [0.25, 0.3) is 0 Å². The molecule has 0 bridgehead atoms. The van der Waals surface area contributed by atoms with E-state index < -0.39 is 32.4 Å². The molecule has 2 saturated heterocycles. The minimum Gasteiger partial charge on any atom is -0.352 e. The zero-order chi connectivity index (χ0) is 41.7. The number of nitrogens with zero attached hydrogens (tertiary/aromatic N) is 4. The number of non-ortho nitro benzene ring substituents is 1. The fourth-order valence-electron chi connectivity index (χ4n) is 11.9. The van der Waals surface area contributed by atoms with Gasteiger partial charge in [-0.1, -0.05) is 60.4 Å². The summed E-state index contributed by atoms with van der Waals surface area (Å²) in [6, 6.07) is 18.2. The lowest BCUT2D eigenvalue weighted by atomic mass is 9.72. The molecule has 6 aliphatic rings. The molecule has 310 valence electrons. The SMILES string of the molecule is CC(C)=C[C@H]1CCC[C@@]23CC(C)(C)O[C@@H]2N(C)c2cccc1c23.CC(C)=C[C@H]1CCC[C@]23c4c1cccc4N(C)[C@H]2OC(C)(C)N3S(=O)(=O)c1ccc([N+](=O)[O-])cc1. The Bertz CT molecular complexity index is 2310. The molecule has 2 aliphatic carbocycles. The van der Waals surface area contributed by atoms with Crippen molar-refractivity contribution in [3.05, 3.63) is 116 Å². The van der Waals surface area contributed by atoms with Gasteiger partial charge in [-0.05, 0) is 128 Å². The van der Waals surface area contributed by atoms with Gasteiger partial charge in [0, 0.05) is 60.4 Å². The van der Waals surface area contributed by atoms with E-state index in [-0.39, 0.29) is 33.7 Å². The molecule has 2 fully saturated rings. The van der Waals surface area contributed by atoms with Crippen molar-refractivity contribution in [2.75, 3.05) is 23.9 Å². The highest BCUT2D eigenvalue weighted by atomic mass is 32.2. The first-order valence-corrected chi connectivity index (χ1v) is 22.4. The standard InChI is InChI=1S/C26H31N3O5S.C21H29NO/c1-17(2)16-18-8-7-15-26-23-21(18)9-6-10-22(23)27(5)24(26)34-25(3,4)29(26)35(32,33)20-13-11-19(12-14-20)28(30)31;1-14(2)12-15-8-7-11-21-13-20(3,4)23-19(21)22(5)17-10-6-9-16(15)18(17)21/h6,9-14,16,18,24H,7-8,15H2,1-5H3;6,9-10,12,15,19H,7-8,11,13H2,1-5H3/t18-,24+,26+;15-,19+,21+/m11/s1. The van der Waals surface area contributed by atoms with Crippen LogP contribution in [-0.2, 0) is 30.5 Å². The largest absolute Gasteiger partial charge is 0.352 e. The molecule has 0 amide bonds. The molecule has 10 nitrogen and oxygen atoms in total. The first kappa shape index (κ1) is 40.7. The minimum atomic E-state index is -4.08.